The van der Waals surface area contributed by atoms with Crippen molar-refractivity contribution in [2.75, 3.05) is 33.9 Å². The molecule has 1 N–H and O–H groups in total. The first-order valence-electron chi connectivity index (χ1n) is 8.17. The summed E-state index contributed by atoms with van der Waals surface area (Å²) >= 11 is 0. The Morgan fingerprint density at radius 3 is 2.76 bits per heavy atom. The Morgan fingerprint density at radius 2 is 2.12 bits per heavy atom. The van der Waals surface area contributed by atoms with E-state index in [1.54, 1.807) is 18.9 Å². The molecule has 2 atom stereocenters. The molecule has 0 spiro atoms. The van der Waals surface area contributed by atoms with Crippen LogP contribution in [0.15, 0.2) is 24.3 Å². The highest BCUT2D eigenvalue weighted by Gasteiger charge is 2.47. The molecule has 1 aromatic carbocycles. The molecule has 1 aliphatic heterocycles. The maximum absolute atomic E-state index is 12.5. The summed E-state index contributed by atoms with van der Waals surface area (Å²) in [6.45, 7) is 2.58. The molecule has 138 valence electrons. The molecule has 0 aromatic heterocycles. The van der Waals surface area contributed by atoms with Gasteiger partial charge >= 0.3 is 5.97 Å². The van der Waals surface area contributed by atoms with E-state index in [9.17, 15) is 14.7 Å². The lowest BCUT2D eigenvalue weighted by atomic mass is 9.88. The van der Waals surface area contributed by atoms with Crippen LogP contribution in [0.5, 0.6) is 5.75 Å². The zero-order chi connectivity index (χ0) is 18.4. The number of benzene rings is 1. The van der Waals surface area contributed by atoms with Gasteiger partial charge in [0.05, 0.1) is 20.3 Å². The summed E-state index contributed by atoms with van der Waals surface area (Å²) in [5.41, 5.74) is -0.128. The number of rotatable bonds is 8. The Bertz CT molecular complexity index is 619. The van der Waals surface area contributed by atoms with Gasteiger partial charge in [0.1, 0.15) is 17.3 Å². The molecule has 2 rings (SSSR count). The molecule has 0 bridgehead atoms. The Morgan fingerprint density at radius 1 is 1.36 bits per heavy atom. The molecule has 7 nitrogen and oxygen atoms in total. The number of carbonyl (C=O) groups excluding carboxylic acids is 1. The number of methoxy groups -OCH3 is 2. The fraction of sp³-hybridized carbons (Fsp3) is 0.556. The predicted octanol–water partition coefficient (Wildman–Crippen LogP) is 1.55. The van der Waals surface area contributed by atoms with Crippen LogP contribution >= 0.6 is 0 Å². The number of carboxylic acid groups (broad SMARTS) is 1. The lowest BCUT2D eigenvalue weighted by molar-refractivity contribution is -0.152. The second-order valence-electron chi connectivity index (χ2n) is 6.33. The van der Waals surface area contributed by atoms with Crippen LogP contribution in [0.25, 0.3) is 0 Å². The number of carbonyl (C=O) groups is 2. The van der Waals surface area contributed by atoms with Crippen molar-refractivity contribution in [3.8, 4) is 5.75 Å². The molecule has 1 aromatic rings. The minimum atomic E-state index is -1.03. The Kier molecular flexibility index (Phi) is 6.39. The van der Waals surface area contributed by atoms with Crippen molar-refractivity contribution >= 4 is 11.9 Å². The lowest BCUT2D eigenvalue weighted by Gasteiger charge is -2.25. The van der Waals surface area contributed by atoms with Gasteiger partial charge in [-0.2, -0.15) is 0 Å². The third-order valence-electron chi connectivity index (χ3n) is 4.52. The quantitative estimate of drug-likeness (QED) is 0.765. The molecular weight excluding hydrogens is 326 g/mol. The molecule has 1 saturated heterocycles. The molecule has 1 heterocycles. The second-order valence-corrected chi connectivity index (χ2v) is 6.33. The number of likely N-dealkylation sites (tertiary alicyclic amines) is 1. The molecule has 0 saturated carbocycles. The van der Waals surface area contributed by atoms with Crippen LogP contribution in [0.1, 0.15) is 18.9 Å². The number of nitrogens with zero attached hydrogens (tertiary/aromatic N) is 1. The Balaban J connectivity index is 1.92. The van der Waals surface area contributed by atoms with E-state index in [2.05, 4.69) is 0 Å². The topological polar surface area (TPSA) is 85.3 Å². The van der Waals surface area contributed by atoms with E-state index in [0.29, 0.717) is 13.0 Å². The lowest BCUT2D eigenvalue weighted by Crippen LogP contribution is -2.43. The molecule has 1 amide bonds. The van der Waals surface area contributed by atoms with Gasteiger partial charge in [-0.25, -0.2) is 0 Å². The van der Waals surface area contributed by atoms with E-state index < -0.39 is 17.5 Å². The summed E-state index contributed by atoms with van der Waals surface area (Å²) in [4.78, 5) is 25.7. The standard InChI is InChI=1S/C18H25NO6/c1-13(25-10-14-5-4-6-15(9-14)24-3)16(20)19-8-7-18(11-19,12-23-2)17(21)22/h4-6,9,13H,7-8,10-12H2,1-3H3,(H,21,22). The highest BCUT2D eigenvalue weighted by Crippen LogP contribution is 2.31. The number of hydrogen-bond acceptors (Lipinski definition) is 5. The van der Waals surface area contributed by atoms with Crippen molar-refractivity contribution in [1.29, 1.82) is 0 Å². The van der Waals surface area contributed by atoms with E-state index in [0.717, 1.165) is 11.3 Å². The molecule has 1 fully saturated rings. The molecule has 0 radical (unpaired) electrons. The van der Waals surface area contributed by atoms with Gasteiger partial charge in [0, 0.05) is 20.2 Å². The number of carboxylic acids is 1. The third-order valence-corrected chi connectivity index (χ3v) is 4.52. The summed E-state index contributed by atoms with van der Waals surface area (Å²) in [7, 11) is 3.06. The number of hydrogen-bond donors (Lipinski definition) is 1. The monoisotopic (exact) mass is 351 g/mol. The number of amides is 1. The molecular formula is C18H25NO6. The molecule has 1 aliphatic rings. The SMILES string of the molecule is COCC1(C(=O)O)CCN(C(=O)C(C)OCc2cccc(OC)c2)C1. The van der Waals surface area contributed by atoms with Gasteiger partial charge in [0.25, 0.3) is 5.91 Å². The fourth-order valence-corrected chi connectivity index (χ4v) is 3.00. The Hall–Kier alpha value is -2.12. The van der Waals surface area contributed by atoms with Crippen molar-refractivity contribution in [3.05, 3.63) is 29.8 Å². The van der Waals surface area contributed by atoms with E-state index in [4.69, 9.17) is 14.2 Å². The minimum Gasteiger partial charge on any atom is -0.497 e. The Labute approximate surface area is 147 Å². The first-order chi connectivity index (χ1) is 11.9. The van der Waals surface area contributed by atoms with Crippen molar-refractivity contribution in [3.63, 3.8) is 0 Å². The second kappa shape index (κ2) is 8.31. The molecule has 2 unspecified atom stereocenters. The smallest absolute Gasteiger partial charge is 0.313 e. The fourth-order valence-electron chi connectivity index (χ4n) is 3.00. The van der Waals surface area contributed by atoms with Crippen LogP contribution in [0, 0.1) is 5.41 Å². The van der Waals surface area contributed by atoms with E-state index >= 15 is 0 Å². The summed E-state index contributed by atoms with van der Waals surface area (Å²) in [5, 5.41) is 9.47. The highest BCUT2D eigenvalue weighted by atomic mass is 16.5. The van der Waals surface area contributed by atoms with Crippen LogP contribution in [0.4, 0.5) is 0 Å². The van der Waals surface area contributed by atoms with Gasteiger partial charge < -0.3 is 24.2 Å². The van der Waals surface area contributed by atoms with Crippen LogP contribution < -0.4 is 4.74 Å². The van der Waals surface area contributed by atoms with Gasteiger partial charge in [0.2, 0.25) is 0 Å². The van der Waals surface area contributed by atoms with Crippen LogP contribution in [0.2, 0.25) is 0 Å². The van der Waals surface area contributed by atoms with Crippen molar-refractivity contribution in [2.24, 2.45) is 5.41 Å². The van der Waals surface area contributed by atoms with E-state index in [-0.39, 0.29) is 25.7 Å². The van der Waals surface area contributed by atoms with Crippen molar-refractivity contribution < 1.29 is 28.9 Å². The minimum absolute atomic E-state index is 0.0885. The molecule has 0 aliphatic carbocycles. The van der Waals surface area contributed by atoms with Crippen molar-refractivity contribution in [2.45, 2.75) is 26.1 Å². The van der Waals surface area contributed by atoms with Crippen LogP contribution in [-0.2, 0) is 25.7 Å². The maximum atomic E-state index is 12.5. The highest BCUT2D eigenvalue weighted by molar-refractivity contribution is 5.83. The molecule has 7 heteroatoms. The zero-order valence-corrected chi connectivity index (χ0v) is 14.9. The first-order valence-corrected chi connectivity index (χ1v) is 8.17. The average molecular weight is 351 g/mol. The van der Waals surface area contributed by atoms with Gasteiger partial charge in [-0.15, -0.1) is 0 Å². The number of aliphatic carboxylic acids is 1. The maximum Gasteiger partial charge on any atom is 0.313 e. The van der Waals surface area contributed by atoms with Gasteiger partial charge in [0.15, 0.2) is 0 Å². The summed E-state index contributed by atoms with van der Waals surface area (Å²) in [6.07, 6.45) is -0.275. The van der Waals surface area contributed by atoms with Gasteiger partial charge in [-0.1, -0.05) is 12.1 Å². The van der Waals surface area contributed by atoms with E-state index in [1.807, 2.05) is 24.3 Å². The normalized spacial score (nSPS) is 21.2. The van der Waals surface area contributed by atoms with E-state index in [1.165, 1.54) is 7.11 Å². The summed E-state index contributed by atoms with van der Waals surface area (Å²) < 4.78 is 15.9. The molecule has 25 heavy (non-hydrogen) atoms. The number of ether oxygens (including phenoxy) is 3. The van der Waals surface area contributed by atoms with Gasteiger partial charge in [-0.05, 0) is 31.0 Å². The van der Waals surface area contributed by atoms with Crippen LogP contribution in [0.3, 0.4) is 0 Å². The first kappa shape index (κ1) is 19.2. The third kappa shape index (κ3) is 4.49. The van der Waals surface area contributed by atoms with Gasteiger partial charge in [-0.3, -0.25) is 9.59 Å². The average Bonchev–Trinajstić information content (AvgIpc) is 3.05. The summed E-state index contributed by atoms with van der Waals surface area (Å²) in [5.74, 6) is -0.415. The summed E-state index contributed by atoms with van der Waals surface area (Å²) in [6, 6.07) is 7.44. The zero-order valence-electron chi connectivity index (χ0n) is 14.9. The van der Waals surface area contributed by atoms with Crippen molar-refractivity contribution in [1.82, 2.24) is 4.90 Å². The van der Waals surface area contributed by atoms with Crippen LogP contribution in [-0.4, -0.2) is 61.9 Å². The predicted molar refractivity (Wildman–Crippen MR) is 90.4 cm³/mol. The largest absolute Gasteiger partial charge is 0.497 e.